The number of rotatable bonds is 5. The molecule has 0 unspecified atom stereocenters. The van der Waals surface area contributed by atoms with Crippen molar-refractivity contribution in [3.05, 3.63) is 47.9 Å². The van der Waals surface area contributed by atoms with Crippen molar-refractivity contribution in [2.75, 3.05) is 18.0 Å². The maximum absolute atomic E-state index is 14.5. The number of piperidine rings is 1. The lowest BCUT2D eigenvalue weighted by Gasteiger charge is -2.30. The summed E-state index contributed by atoms with van der Waals surface area (Å²) in [5, 5.41) is 9.02. The summed E-state index contributed by atoms with van der Waals surface area (Å²) in [6, 6.07) is 5.56. The summed E-state index contributed by atoms with van der Waals surface area (Å²) in [5.74, 6) is 1.03. The largest absolute Gasteiger partial charge is 0.474 e. The quantitative estimate of drug-likeness (QED) is 0.465. The van der Waals surface area contributed by atoms with Crippen molar-refractivity contribution >= 4 is 17.0 Å². The van der Waals surface area contributed by atoms with E-state index < -0.39 is 0 Å². The maximum atomic E-state index is 14.5. The fraction of sp³-hybridized carbons (Fsp3) is 0.409. The first-order valence-electron chi connectivity index (χ1n) is 10.7. The highest BCUT2D eigenvalue weighted by Gasteiger charge is 2.26. The molecule has 1 fully saturated rings. The summed E-state index contributed by atoms with van der Waals surface area (Å²) in [6.07, 6.45) is 4.59. The van der Waals surface area contributed by atoms with Gasteiger partial charge < -0.3 is 14.2 Å². The molecule has 0 amide bonds. The van der Waals surface area contributed by atoms with Crippen LogP contribution in [0.1, 0.15) is 44.0 Å². The van der Waals surface area contributed by atoms with Gasteiger partial charge in [0.15, 0.2) is 11.5 Å². The fourth-order valence-electron chi connectivity index (χ4n) is 3.79. The second-order valence-corrected chi connectivity index (χ2v) is 8.32. The summed E-state index contributed by atoms with van der Waals surface area (Å²) in [5.41, 5.74) is 1.68. The Hall–Kier alpha value is -3.56. The smallest absolute Gasteiger partial charge is 0.324 e. The van der Waals surface area contributed by atoms with Gasteiger partial charge in [0.05, 0.1) is 6.20 Å². The molecule has 1 saturated heterocycles. The molecule has 0 N–H and O–H groups in total. The standard InChI is InChI=1S/C22H24FN7O2/c1-13(2)19-27-22(32-28-19)29-8-6-15(7-9-29)31-21-16-11-26-30(20(16)24-12-25-21)18-5-4-14(3)10-17(18)23/h4-5,10-13,15H,6-9H2,1-3H3. The van der Waals surface area contributed by atoms with Crippen LogP contribution in [0.4, 0.5) is 10.4 Å². The predicted octanol–water partition coefficient (Wildman–Crippen LogP) is 3.82. The van der Waals surface area contributed by atoms with E-state index in [4.69, 9.17) is 9.26 Å². The van der Waals surface area contributed by atoms with Crippen LogP contribution in [0.3, 0.4) is 0 Å². The highest BCUT2D eigenvalue weighted by Crippen LogP contribution is 2.28. The van der Waals surface area contributed by atoms with Crippen LogP contribution in [0, 0.1) is 12.7 Å². The third-order valence-electron chi connectivity index (χ3n) is 5.60. The average molecular weight is 437 g/mol. The van der Waals surface area contributed by atoms with Gasteiger partial charge >= 0.3 is 6.01 Å². The number of fused-ring (bicyclic) bond motifs is 1. The summed E-state index contributed by atoms with van der Waals surface area (Å²) in [6.45, 7) is 7.40. The lowest BCUT2D eigenvalue weighted by atomic mass is 10.1. The van der Waals surface area contributed by atoms with Crippen molar-refractivity contribution in [3.8, 4) is 11.6 Å². The lowest BCUT2D eigenvalue weighted by molar-refractivity contribution is 0.164. The molecular weight excluding hydrogens is 413 g/mol. The average Bonchev–Trinajstić information content (AvgIpc) is 3.43. The van der Waals surface area contributed by atoms with Gasteiger partial charge in [0.1, 0.15) is 29.3 Å². The van der Waals surface area contributed by atoms with E-state index in [1.54, 1.807) is 12.3 Å². The van der Waals surface area contributed by atoms with Crippen molar-refractivity contribution in [1.82, 2.24) is 29.9 Å². The molecule has 4 heterocycles. The van der Waals surface area contributed by atoms with Gasteiger partial charge in [-0.05, 0) is 24.6 Å². The molecule has 5 rings (SSSR count). The van der Waals surface area contributed by atoms with Gasteiger partial charge in [-0.3, -0.25) is 0 Å². The Bertz CT molecular complexity index is 1240. The topological polar surface area (TPSA) is 95.0 Å². The zero-order valence-corrected chi connectivity index (χ0v) is 18.2. The van der Waals surface area contributed by atoms with Crippen molar-refractivity contribution in [1.29, 1.82) is 0 Å². The number of hydrogen-bond donors (Lipinski definition) is 0. The van der Waals surface area contributed by atoms with E-state index in [1.807, 2.05) is 26.8 Å². The van der Waals surface area contributed by atoms with Gasteiger partial charge in [-0.25, -0.2) is 19.0 Å². The minimum atomic E-state index is -0.356. The highest BCUT2D eigenvalue weighted by atomic mass is 19.1. The molecule has 32 heavy (non-hydrogen) atoms. The fourth-order valence-corrected chi connectivity index (χ4v) is 3.79. The molecule has 0 radical (unpaired) electrons. The number of aryl methyl sites for hydroxylation is 1. The molecule has 9 nitrogen and oxygen atoms in total. The SMILES string of the molecule is Cc1ccc(-n2ncc3c(OC4CCN(c5nc(C(C)C)no5)CC4)ncnc32)c(F)c1. The molecule has 166 valence electrons. The maximum Gasteiger partial charge on any atom is 0.324 e. The van der Waals surface area contributed by atoms with Crippen LogP contribution in [0.2, 0.25) is 0 Å². The molecule has 10 heteroatoms. The van der Waals surface area contributed by atoms with Crippen molar-refractivity contribution in [2.24, 2.45) is 0 Å². The number of aromatic nitrogens is 6. The Balaban J connectivity index is 1.31. The highest BCUT2D eigenvalue weighted by molar-refractivity contribution is 5.81. The molecule has 0 saturated carbocycles. The molecule has 4 aromatic rings. The number of hydrogen-bond acceptors (Lipinski definition) is 8. The van der Waals surface area contributed by atoms with Crippen molar-refractivity contribution in [2.45, 2.75) is 45.6 Å². The van der Waals surface area contributed by atoms with E-state index in [9.17, 15) is 4.39 Å². The van der Waals surface area contributed by atoms with Crippen LogP contribution in [-0.4, -0.2) is 49.1 Å². The normalized spacial score (nSPS) is 15.1. The first-order valence-corrected chi connectivity index (χ1v) is 10.7. The van der Waals surface area contributed by atoms with E-state index in [2.05, 4.69) is 30.1 Å². The zero-order chi connectivity index (χ0) is 22.2. The van der Waals surface area contributed by atoms with Crippen molar-refractivity contribution in [3.63, 3.8) is 0 Å². The second kappa shape index (κ2) is 8.18. The second-order valence-electron chi connectivity index (χ2n) is 8.32. The van der Waals surface area contributed by atoms with E-state index >= 15 is 0 Å². The summed E-state index contributed by atoms with van der Waals surface area (Å²) < 4.78 is 27.6. The van der Waals surface area contributed by atoms with Crippen molar-refractivity contribution < 1.29 is 13.7 Å². The van der Waals surface area contributed by atoms with E-state index in [0.29, 0.717) is 34.4 Å². The van der Waals surface area contributed by atoms with Gasteiger partial charge in [-0.15, -0.1) is 0 Å². The molecule has 0 aliphatic carbocycles. The van der Waals surface area contributed by atoms with Gasteiger partial charge in [-0.2, -0.15) is 10.1 Å². The van der Waals surface area contributed by atoms with Crippen LogP contribution >= 0.6 is 0 Å². The Morgan fingerprint density at radius 1 is 1.19 bits per heavy atom. The molecular formula is C22H24FN7O2. The summed E-state index contributed by atoms with van der Waals surface area (Å²) in [4.78, 5) is 15.2. The Labute approximate surface area is 184 Å². The molecule has 1 aromatic carbocycles. The molecule has 1 aliphatic heterocycles. The molecule has 1 aliphatic rings. The third kappa shape index (κ3) is 3.76. The Morgan fingerprint density at radius 3 is 2.72 bits per heavy atom. The molecule has 3 aromatic heterocycles. The Kier molecular flexibility index (Phi) is 5.20. The predicted molar refractivity (Wildman–Crippen MR) is 116 cm³/mol. The number of nitrogens with zero attached hydrogens (tertiary/aromatic N) is 7. The van der Waals surface area contributed by atoms with Crippen LogP contribution in [0.15, 0.2) is 35.2 Å². The number of anilines is 1. The van der Waals surface area contributed by atoms with Gasteiger partial charge in [-0.1, -0.05) is 25.1 Å². The van der Waals surface area contributed by atoms with Gasteiger partial charge in [0.2, 0.25) is 5.88 Å². The van der Waals surface area contributed by atoms with Gasteiger partial charge in [0, 0.05) is 31.8 Å². The van der Waals surface area contributed by atoms with E-state index in [0.717, 1.165) is 31.5 Å². The minimum absolute atomic E-state index is 0.0173. The molecule has 0 bridgehead atoms. The molecule has 0 atom stereocenters. The van der Waals surface area contributed by atoms with Crippen LogP contribution in [-0.2, 0) is 0 Å². The number of halogens is 1. The van der Waals surface area contributed by atoms with Crippen LogP contribution < -0.4 is 9.64 Å². The number of benzene rings is 1. The van der Waals surface area contributed by atoms with Crippen LogP contribution in [0.25, 0.3) is 16.7 Å². The minimum Gasteiger partial charge on any atom is -0.474 e. The molecule has 0 spiro atoms. The third-order valence-corrected chi connectivity index (χ3v) is 5.60. The Morgan fingerprint density at radius 2 is 2.00 bits per heavy atom. The van der Waals surface area contributed by atoms with Gasteiger partial charge in [0.25, 0.3) is 0 Å². The van der Waals surface area contributed by atoms with Crippen LogP contribution in [0.5, 0.6) is 5.88 Å². The number of ether oxygens (including phenoxy) is 1. The first-order chi connectivity index (χ1) is 15.5. The monoisotopic (exact) mass is 437 g/mol. The summed E-state index contributed by atoms with van der Waals surface area (Å²) in [7, 11) is 0. The summed E-state index contributed by atoms with van der Waals surface area (Å²) >= 11 is 0. The zero-order valence-electron chi connectivity index (χ0n) is 18.2. The van der Waals surface area contributed by atoms with E-state index in [1.165, 1.54) is 17.1 Å². The van der Waals surface area contributed by atoms with E-state index in [-0.39, 0.29) is 17.8 Å². The first kappa shape index (κ1) is 20.3. The lowest BCUT2D eigenvalue weighted by Crippen LogP contribution is -2.38.